The third kappa shape index (κ3) is 1.50. The summed E-state index contributed by atoms with van der Waals surface area (Å²) in [7, 11) is 0. The zero-order valence-electron chi connectivity index (χ0n) is 8.10. The van der Waals surface area contributed by atoms with Gasteiger partial charge in [0.2, 0.25) is 0 Å². The van der Waals surface area contributed by atoms with Gasteiger partial charge in [-0.25, -0.2) is 5.90 Å². The minimum absolute atomic E-state index is 0.0684. The molecule has 0 aliphatic rings. The molecule has 0 amide bonds. The van der Waals surface area contributed by atoms with Gasteiger partial charge in [-0.15, -0.1) is 0 Å². The standard InChI is InChI=1S/C12H13NO/c1-9(14-13)11-8-4-6-10-5-2-3-7-12(10)11/h2-9H,13H2,1H3. The molecule has 2 aromatic rings. The molecule has 14 heavy (non-hydrogen) atoms. The monoisotopic (exact) mass is 187 g/mol. The Labute approximate surface area is 83.3 Å². The fourth-order valence-corrected chi connectivity index (χ4v) is 1.68. The molecule has 0 fully saturated rings. The summed E-state index contributed by atoms with van der Waals surface area (Å²) >= 11 is 0. The van der Waals surface area contributed by atoms with Gasteiger partial charge >= 0.3 is 0 Å². The van der Waals surface area contributed by atoms with Crippen LogP contribution in [-0.4, -0.2) is 0 Å². The van der Waals surface area contributed by atoms with E-state index in [2.05, 4.69) is 18.2 Å². The van der Waals surface area contributed by atoms with Crippen LogP contribution in [0.2, 0.25) is 0 Å². The minimum Gasteiger partial charge on any atom is -0.297 e. The molecule has 0 aliphatic heterocycles. The average Bonchev–Trinajstić information content (AvgIpc) is 2.27. The Morgan fingerprint density at radius 2 is 1.79 bits per heavy atom. The normalized spacial score (nSPS) is 13.0. The second-order valence-electron chi connectivity index (χ2n) is 3.35. The molecule has 2 aromatic carbocycles. The zero-order chi connectivity index (χ0) is 9.97. The first-order valence-corrected chi connectivity index (χ1v) is 4.66. The van der Waals surface area contributed by atoms with Gasteiger partial charge in [-0.05, 0) is 23.3 Å². The SMILES string of the molecule is CC(ON)c1cccc2ccccc12. The predicted molar refractivity (Wildman–Crippen MR) is 57.6 cm³/mol. The van der Waals surface area contributed by atoms with Gasteiger partial charge in [-0.2, -0.15) is 0 Å². The Morgan fingerprint density at radius 1 is 1.07 bits per heavy atom. The lowest BCUT2D eigenvalue weighted by Crippen LogP contribution is -2.05. The quantitative estimate of drug-likeness (QED) is 0.734. The highest BCUT2D eigenvalue weighted by atomic mass is 16.6. The fraction of sp³-hybridized carbons (Fsp3) is 0.167. The van der Waals surface area contributed by atoms with Crippen molar-refractivity contribution < 1.29 is 4.84 Å². The molecule has 0 spiro atoms. The van der Waals surface area contributed by atoms with Gasteiger partial charge in [0, 0.05) is 0 Å². The van der Waals surface area contributed by atoms with Crippen molar-refractivity contribution in [3.8, 4) is 0 Å². The highest BCUT2D eigenvalue weighted by Crippen LogP contribution is 2.24. The van der Waals surface area contributed by atoms with Gasteiger partial charge in [0.05, 0.1) is 0 Å². The number of hydrogen-bond donors (Lipinski definition) is 1. The van der Waals surface area contributed by atoms with Crippen LogP contribution in [0.1, 0.15) is 18.6 Å². The van der Waals surface area contributed by atoms with Crippen LogP contribution in [0.3, 0.4) is 0 Å². The molecule has 0 saturated carbocycles. The van der Waals surface area contributed by atoms with Crippen molar-refractivity contribution in [3.05, 3.63) is 48.0 Å². The van der Waals surface area contributed by atoms with E-state index in [0.29, 0.717) is 0 Å². The molecule has 0 bridgehead atoms. The lowest BCUT2D eigenvalue weighted by molar-refractivity contribution is 0.0674. The molecule has 0 heterocycles. The summed E-state index contributed by atoms with van der Waals surface area (Å²) in [6.45, 7) is 1.95. The molecule has 2 rings (SSSR count). The van der Waals surface area contributed by atoms with Crippen LogP contribution in [-0.2, 0) is 4.84 Å². The Morgan fingerprint density at radius 3 is 2.57 bits per heavy atom. The van der Waals surface area contributed by atoms with Crippen LogP contribution in [0.25, 0.3) is 10.8 Å². The van der Waals surface area contributed by atoms with Crippen LogP contribution in [0, 0.1) is 0 Å². The van der Waals surface area contributed by atoms with E-state index in [1.807, 2.05) is 31.2 Å². The van der Waals surface area contributed by atoms with Gasteiger partial charge in [0.15, 0.2) is 0 Å². The Hall–Kier alpha value is -1.38. The topological polar surface area (TPSA) is 35.2 Å². The average molecular weight is 187 g/mol. The van der Waals surface area contributed by atoms with Crippen molar-refractivity contribution in [1.29, 1.82) is 0 Å². The van der Waals surface area contributed by atoms with Crippen LogP contribution < -0.4 is 5.90 Å². The van der Waals surface area contributed by atoms with E-state index >= 15 is 0 Å². The van der Waals surface area contributed by atoms with E-state index in [1.54, 1.807) is 0 Å². The molecule has 2 heteroatoms. The number of fused-ring (bicyclic) bond motifs is 1. The van der Waals surface area contributed by atoms with E-state index in [-0.39, 0.29) is 6.10 Å². The largest absolute Gasteiger partial charge is 0.297 e. The van der Waals surface area contributed by atoms with Crippen LogP contribution in [0.5, 0.6) is 0 Å². The first-order valence-electron chi connectivity index (χ1n) is 4.66. The van der Waals surface area contributed by atoms with Crippen LogP contribution in [0.15, 0.2) is 42.5 Å². The second-order valence-corrected chi connectivity index (χ2v) is 3.35. The highest BCUT2D eigenvalue weighted by Gasteiger charge is 2.07. The molecule has 0 radical (unpaired) electrons. The van der Waals surface area contributed by atoms with Crippen molar-refractivity contribution in [2.45, 2.75) is 13.0 Å². The van der Waals surface area contributed by atoms with E-state index in [1.165, 1.54) is 10.8 Å². The molecular weight excluding hydrogens is 174 g/mol. The third-order valence-electron chi connectivity index (χ3n) is 2.47. The van der Waals surface area contributed by atoms with E-state index in [0.717, 1.165) is 5.56 Å². The summed E-state index contributed by atoms with van der Waals surface area (Å²) in [4.78, 5) is 4.84. The Balaban J connectivity index is 2.65. The van der Waals surface area contributed by atoms with Gasteiger partial charge in [-0.3, -0.25) is 4.84 Å². The van der Waals surface area contributed by atoms with Crippen molar-refractivity contribution in [2.24, 2.45) is 5.90 Å². The molecule has 1 atom stereocenters. The second kappa shape index (κ2) is 3.78. The summed E-state index contributed by atoms with van der Waals surface area (Å²) < 4.78 is 0. The summed E-state index contributed by atoms with van der Waals surface area (Å²) in [6, 6.07) is 14.4. The smallest absolute Gasteiger partial charge is 0.101 e. The first-order chi connectivity index (χ1) is 6.83. The number of hydrogen-bond acceptors (Lipinski definition) is 2. The van der Waals surface area contributed by atoms with Crippen molar-refractivity contribution in [2.75, 3.05) is 0 Å². The maximum atomic E-state index is 5.20. The summed E-state index contributed by atoms with van der Waals surface area (Å²) in [6.07, 6.45) is -0.0684. The molecule has 2 N–H and O–H groups in total. The number of benzene rings is 2. The Bertz CT molecular complexity index is 434. The van der Waals surface area contributed by atoms with Gasteiger partial charge < -0.3 is 0 Å². The summed E-state index contributed by atoms with van der Waals surface area (Å²) in [5.41, 5.74) is 1.13. The lowest BCUT2D eigenvalue weighted by Gasteiger charge is -2.11. The molecule has 0 saturated heterocycles. The van der Waals surface area contributed by atoms with Crippen molar-refractivity contribution in [3.63, 3.8) is 0 Å². The maximum Gasteiger partial charge on any atom is 0.101 e. The molecule has 0 aliphatic carbocycles. The third-order valence-corrected chi connectivity index (χ3v) is 2.47. The first kappa shape index (κ1) is 9.19. The van der Waals surface area contributed by atoms with Crippen LogP contribution >= 0.6 is 0 Å². The van der Waals surface area contributed by atoms with Crippen molar-refractivity contribution in [1.82, 2.24) is 0 Å². The fourth-order valence-electron chi connectivity index (χ4n) is 1.68. The Kier molecular flexibility index (Phi) is 2.48. The number of nitrogens with two attached hydrogens (primary N) is 1. The highest BCUT2D eigenvalue weighted by molar-refractivity contribution is 5.85. The molecule has 2 nitrogen and oxygen atoms in total. The van der Waals surface area contributed by atoms with Gasteiger partial charge in [0.25, 0.3) is 0 Å². The molecular formula is C12H13NO. The van der Waals surface area contributed by atoms with Gasteiger partial charge in [0.1, 0.15) is 6.10 Å². The summed E-state index contributed by atoms with van der Waals surface area (Å²) in [5.74, 6) is 5.20. The summed E-state index contributed by atoms with van der Waals surface area (Å²) in [5, 5.41) is 2.42. The minimum atomic E-state index is -0.0684. The van der Waals surface area contributed by atoms with E-state index in [9.17, 15) is 0 Å². The lowest BCUT2D eigenvalue weighted by atomic mass is 10.0. The molecule has 0 aromatic heterocycles. The number of rotatable bonds is 2. The zero-order valence-corrected chi connectivity index (χ0v) is 8.10. The van der Waals surface area contributed by atoms with Crippen molar-refractivity contribution >= 4 is 10.8 Å². The van der Waals surface area contributed by atoms with Gasteiger partial charge in [-0.1, -0.05) is 42.5 Å². The molecule has 1 unspecified atom stereocenters. The van der Waals surface area contributed by atoms with E-state index < -0.39 is 0 Å². The molecule has 72 valence electrons. The van der Waals surface area contributed by atoms with Crippen LogP contribution in [0.4, 0.5) is 0 Å². The maximum absolute atomic E-state index is 5.20. The predicted octanol–water partition coefficient (Wildman–Crippen LogP) is 2.79. The van der Waals surface area contributed by atoms with E-state index in [4.69, 9.17) is 10.7 Å².